The van der Waals surface area contributed by atoms with Gasteiger partial charge in [-0.2, -0.15) is 0 Å². The number of guanidine groups is 1. The highest BCUT2D eigenvalue weighted by Crippen LogP contribution is 2.41. The smallest absolute Gasteiger partial charge is 0.257 e. The maximum atomic E-state index is 13.4. The Labute approximate surface area is 215 Å². The van der Waals surface area contributed by atoms with Crippen LogP contribution in [0.25, 0.3) is 11.1 Å². The predicted molar refractivity (Wildman–Crippen MR) is 147 cm³/mol. The number of hydrogen-bond donors (Lipinski definition) is 2. The summed E-state index contributed by atoms with van der Waals surface area (Å²) in [4.78, 5) is 24.5. The minimum absolute atomic E-state index is 0.101. The Bertz CT molecular complexity index is 1050. The summed E-state index contributed by atoms with van der Waals surface area (Å²) in [5.41, 5.74) is 7.81. The monoisotopic (exact) mass is 487 g/mol. The van der Waals surface area contributed by atoms with Crippen molar-refractivity contribution in [2.24, 2.45) is 22.6 Å². The Balaban J connectivity index is 1.22. The van der Waals surface area contributed by atoms with Crippen LogP contribution in [-0.2, 0) is 4.79 Å². The molecule has 6 nitrogen and oxygen atoms in total. The van der Waals surface area contributed by atoms with Gasteiger partial charge in [0.15, 0.2) is 5.96 Å². The van der Waals surface area contributed by atoms with Crippen molar-refractivity contribution in [3.05, 3.63) is 48.7 Å². The van der Waals surface area contributed by atoms with Crippen molar-refractivity contribution in [3.63, 3.8) is 0 Å². The van der Waals surface area contributed by atoms with E-state index >= 15 is 0 Å². The zero-order valence-electron chi connectivity index (χ0n) is 21.7. The van der Waals surface area contributed by atoms with E-state index in [1.165, 1.54) is 37.7 Å². The lowest BCUT2D eigenvalue weighted by Crippen LogP contribution is -2.44. The van der Waals surface area contributed by atoms with E-state index in [4.69, 9.17) is 15.7 Å². The van der Waals surface area contributed by atoms with E-state index in [1.807, 2.05) is 12.3 Å². The summed E-state index contributed by atoms with van der Waals surface area (Å²) in [6.07, 6.45) is 15.8. The van der Waals surface area contributed by atoms with Gasteiger partial charge in [-0.1, -0.05) is 75.3 Å². The largest absolute Gasteiger partial charge is 0.369 e. The maximum Gasteiger partial charge on any atom is 0.257 e. The van der Waals surface area contributed by atoms with Gasteiger partial charge in [-0.15, -0.1) is 0 Å². The third-order valence-corrected chi connectivity index (χ3v) is 8.70. The van der Waals surface area contributed by atoms with Gasteiger partial charge in [-0.3, -0.25) is 9.69 Å². The van der Waals surface area contributed by atoms with Crippen LogP contribution in [0.2, 0.25) is 0 Å². The average molecular weight is 488 g/mol. The lowest BCUT2D eigenvalue weighted by Gasteiger charge is -2.35. The number of rotatable bonds is 8. The number of nitrogens with zero attached hydrogens (tertiary/aromatic N) is 3. The Morgan fingerprint density at radius 1 is 0.972 bits per heavy atom. The average Bonchev–Trinajstić information content (AvgIpc) is 3.12. The Morgan fingerprint density at radius 3 is 2.44 bits per heavy atom. The molecule has 1 amide bonds. The van der Waals surface area contributed by atoms with Crippen LogP contribution in [0.15, 0.2) is 53.7 Å². The molecule has 2 fully saturated rings. The normalized spacial score (nSPS) is 27.2. The van der Waals surface area contributed by atoms with Crippen LogP contribution in [0, 0.1) is 11.8 Å². The summed E-state index contributed by atoms with van der Waals surface area (Å²) in [5.74, 6) is 2.60. The van der Waals surface area contributed by atoms with Crippen molar-refractivity contribution in [1.29, 1.82) is 0 Å². The van der Waals surface area contributed by atoms with Crippen molar-refractivity contribution in [3.8, 4) is 11.1 Å². The first-order valence-electron chi connectivity index (χ1n) is 13.9. The number of likely N-dealkylation sites (N-methyl/N-ethyl adjacent to an activating group) is 1. The molecule has 3 atom stereocenters. The lowest BCUT2D eigenvalue weighted by molar-refractivity contribution is -0.131. The van der Waals surface area contributed by atoms with Crippen molar-refractivity contribution >= 4 is 17.7 Å². The van der Waals surface area contributed by atoms with E-state index in [-0.39, 0.29) is 5.91 Å². The second-order valence-corrected chi connectivity index (χ2v) is 11.3. The number of hydrogen-bond acceptors (Lipinski definition) is 5. The van der Waals surface area contributed by atoms with Crippen molar-refractivity contribution < 1.29 is 4.79 Å². The molecule has 6 heteroatoms. The van der Waals surface area contributed by atoms with Crippen LogP contribution in [-0.4, -0.2) is 40.4 Å². The topological polar surface area (TPSA) is 83.6 Å². The first kappa shape index (κ1) is 24.8. The molecule has 2 aromatic rings. The summed E-state index contributed by atoms with van der Waals surface area (Å²) in [6, 6.07) is 14.9. The number of amides is 1. The molecule has 192 valence electrons. The van der Waals surface area contributed by atoms with Crippen molar-refractivity contribution in [2.75, 3.05) is 12.4 Å². The highest BCUT2D eigenvalue weighted by atomic mass is 16.2. The van der Waals surface area contributed by atoms with Crippen LogP contribution in [0.5, 0.6) is 0 Å². The molecule has 2 heterocycles. The van der Waals surface area contributed by atoms with Gasteiger partial charge >= 0.3 is 0 Å². The molecule has 2 aliphatic carbocycles. The Morgan fingerprint density at radius 2 is 1.75 bits per heavy atom. The predicted octanol–water partition coefficient (Wildman–Crippen LogP) is 6.00. The van der Waals surface area contributed by atoms with Gasteiger partial charge in [0.1, 0.15) is 11.4 Å². The van der Waals surface area contributed by atoms with Crippen LogP contribution >= 0.6 is 0 Å². The van der Waals surface area contributed by atoms with E-state index in [0.29, 0.717) is 17.9 Å². The number of nitrogens with two attached hydrogens (primary N) is 1. The minimum atomic E-state index is -0.668. The molecule has 1 aliphatic heterocycles. The van der Waals surface area contributed by atoms with Crippen LogP contribution in [0.3, 0.4) is 0 Å². The molecule has 5 rings (SSSR count). The molecule has 0 saturated heterocycles. The molecule has 1 aromatic heterocycles. The molecule has 0 spiro atoms. The second-order valence-electron chi connectivity index (χ2n) is 11.3. The molecule has 3 N–H and O–H groups in total. The first-order chi connectivity index (χ1) is 17.5. The Kier molecular flexibility index (Phi) is 7.59. The number of aliphatic imine (C=N–C) groups is 1. The Hall–Kier alpha value is -2.89. The number of carbonyl (C=O) groups is 1. The molecule has 36 heavy (non-hydrogen) atoms. The van der Waals surface area contributed by atoms with E-state index in [9.17, 15) is 4.79 Å². The van der Waals surface area contributed by atoms with E-state index in [1.54, 1.807) is 11.9 Å². The number of nitrogens with one attached hydrogen (secondary N) is 1. The number of anilines is 1. The highest BCUT2D eigenvalue weighted by Gasteiger charge is 2.48. The van der Waals surface area contributed by atoms with Crippen LogP contribution in [0.4, 0.5) is 5.82 Å². The molecule has 1 aromatic carbocycles. The van der Waals surface area contributed by atoms with Crippen LogP contribution in [0.1, 0.15) is 77.0 Å². The van der Waals surface area contributed by atoms with Gasteiger partial charge in [-0.25, -0.2) is 9.98 Å². The van der Waals surface area contributed by atoms with E-state index in [0.717, 1.165) is 62.2 Å². The fraction of sp³-hybridized carbons (Fsp3) is 0.567. The molecule has 3 aliphatic rings. The van der Waals surface area contributed by atoms with Gasteiger partial charge in [0.05, 0.1) is 0 Å². The number of pyridine rings is 1. The third kappa shape index (κ3) is 5.58. The lowest BCUT2D eigenvalue weighted by atomic mass is 9.74. The van der Waals surface area contributed by atoms with Gasteiger partial charge in [-0.05, 0) is 61.6 Å². The molecule has 0 radical (unpaired) electrons. The van der Waals surface area contributed by atoms with Crippen LogP contribution < -0.4 is 11.1 Å². The van der Waals surface area contributed by atoms with E-state index in [2.05, 4.69) is 41.7 Å². The molecular formula is C30H41N5O. The summed E-state index contributed by atoms with van der Waals surface area (Å²) in [6.45, 7) is 0. The first-order valence-corrected chi connectivity index (χ1v) is 13.9. The molecule has 0 bridgehead atoms. The number of carbonyl (C=O) groups excluding carboxylic acids is 1. The zero-order chi connectivity index (χ0) is 25.0. The SMILES string of the molecule is CN1C(=O)[C@@](CCC2CCCCC2)(C[C@H]2CCC[C@@H](Nc3ccc(-c4ccccc4)cn3)C2)N=C1N. The highest BCUT2D eigenvalue weighted by molar-refractivity contribution is 6.06. The number of benzene rings is 1. The summed E-state index contributed by atoms with van der Waals surface area (Å²) >= 11 is 0. The summed E-state index contributed by atoms with van der Waals surface area (Å²) in [7, 11) is 1.78. The second kappa shape index (κ2) is 11.0. The van der Waals surface area contributed by atoms with E-state index < -0.39 is 5.54 Å². The molecular weight excluding hydrogens is 446 g/mol. The molecule has 2 saturated carbocycles. The summed E-state index contributed by atoms with van der Waals surface area (Å²) < 4.78 is 0. The quantitative estimate of drug-likeness (QED) is 0.479. The van der Waals surface area contributed by atoms with Gasteiger partial charge in [0.2, 0.25) is 0 Å². The van der Waals surface area contributed by atoms with Crippen molar-refractivity contribution in [1.82, 2.24) is 9.88 Å². The zero-order valence-corrected chi connectivity index (χ0v) is 21.7. The van der Waals surface area contributed by atoms with Gasteiger partial charge < -0.3 is 11.1 Å². The number of aromatic nitrogens is 1. The minimum Gasteiger partial charge on any atom is -0.369 e. The molecule has 0 unspecified atom stereocenters. The standard InChI is InChI=1S/C30H41N5O/c1-35-28(36)30(34-29(35)31,18-17-22-9-4-2-5-10-22)20-23-11-8-14-26(19-23)33-27-16-15-25(21-32-27)24-12-6-3-7-13-24/h3,6-7,12-13,15-16,21-23,26H,2,4-5,8-11,14,17-20H2,1H3,(H2,31,34)(H,32,33)/t23-,26+,30+/m0/s1. The van der Waals surface area contributed by atoms with Crippen molar-refractivity contribution in [2.45, 2.75) is 88.6 Å². The summed E-state index contributed by atoms with van der Waals surface area (Å²) in [5, 5.41) is 3.67. The van der Waals surface area contributed by atoms with Gasteiger partial charge in [0, 0.05) is 24.8 Å². The third-order valence-electron chi connectivity index (χ3n) is 8.70. The fourth-order valence-corrected chi connectivity index (χ4v) is 6.65. The fourth-order valence-electron chi connectivity index (χ4n) is 6.65. The van der Waals surface area contributed by atoms with Gasteiger partial charge in [0.25, 0.3) is 5.91 Å². The maximum absolute atomic E-state index is 13.4.